The zero-order valence-corrected chi connectivity index (χ0v) is 11.9. The van der Waals surface area contributed by atoms with Gasteiger partial charge in [-0.15, -0.1) is 0 Å². The van der Waals surface area contributed by atoms with Gasteiger partial charge in [0.05, 0.1) is 0 Å². The van der Waals surface area contributed by atoms with Crippen molar-refractivity contribution in [1.82, 2.24) is 10.6 Å². The molecule has 1 aromatic carbocycles. The van der Waals surface area contributed by atoms with Crippen LogP contribution in [0.3, 0.4) is 0 Å². The summed E-state index contributed by atoms with van der Waals surface area (Å²) in [6, 6.07) is 8.49. The number of carbonyl (C=O) groups excluding carboxylic acids is 1. The molecule has 1 amide bonds. The number of carbonyl (C=O) groups is 2. The van der Waals surface area contributed by atoms with E-state index in [-0.39, 0.29) is 5.57 Å². The first-order valence-electron chi connectivity index (χ1n) is 6.37. The van der Waals surface area contributed by atoms with E-state index in [0.717, 1.165) is 11.1 Å². The number of aryl methyl sites for hydroxylation is 1. The molecular weight excluding hydrogens is 270 g/mol. The number of hydrogen-bond donors (Lipinski definition) is 3. The predicted molar refractivity (Wildman–Crippen MR) is 77.0 cm³/mol. The van der Waals surface area contributed by atoms with Crippen LogP contribution in [-0.2, 0) is 16.1 Å². The summed E-state index contributed by atoms with van der Waals surface area (Å²) in [4.78, 5) is 22.3. The standard InChI is InChI=1S/C15H17N3O3/c1-10-4-3-5-12(6-10)8-17-9-13(7-16)14(19)18-11(2)15(20)21/h3-6,9,11,17H,8H2,1-2H3,(H,18,19)(H,20,21)/b13-9-. The number of nitriles is 1. The van der Waals surface area contributed by atoms with Crippen molar-refractivity contribution >= 4 is 11.9 Å². The lowest BCUT2D eigenvalue weighted by Gasteiger charge is -2.08. The zero-order chi connectivity index (χ0) is 15.8. The van der Waals surface area contributed by atoms with E-state index >= 15 is 0 Å². The molecule has 0 aliphatic carbocycles. The Labute approximate surface area is 123 Å². The lowest BCUT2D eigenvalue weighted by molar-refractivity contribution is -0.140. The molecule has 0 spiro atoms. The van der Waals surface area contributed by atoms with Crippen molar-refractivity contribution in [2.45, 2.75) is 26.4 Å². The molecule has 0 bridgehead atoms. The first kappa shape index (κ1) is 16.2. The fourth-order valence-corrected chi connectivity index (χ4v) is 1.58. The first-order valence-corrected chi connectivity index (χ1v) is 6.37. The molecule has 1 atom stereocenters. The monoisotopic (exact) mass is 287 g/mol. The Balaban J connectivity index is 2.62. The SMILES string of the molecule is Cc1cccc(CN/C=C(/C#N)C(=O)NC(C)C(=O)O)c1. The van der Waals surface area contributed by atoms with E-state index in [4.69, 9.17) is 10.4 Å². The molecule has 0 saturated heterocycles. The molecule has 0 heterocycles. The van der Waals surface area contributed by atoms with Gasteiger partial charge in [0.1, 0.15) is 17.7 Å². The molecule has 0 saturated carbocycles. The molecule has 1 unspecified atom stereocenters. The Hall–Kier alpha value is -2.81. The number of benzene rings is 1. The molecule has 1 rings (SSSR count). The molecule has 6 nitrogen and oxygen atoms in total. The van der Waals surface area contributed by atoms with Crippen molar-refractivity contribution in [3.63, 3.8) is 0 Å². The van der Waals surface area contributed by atoms with Gasteiger partial charge in [0.2, 0.25) is 0 Å². The number of aliphatic carboxylic acids is 1. The van der Waals surface area contributed by atoms with E-state index in [9.17, 15) is 9.59 Å². The van der Waals surface area contributed by atoms with Crippen LogP contribution in [0.4, 0.5) is 0 Å². The fourth-order valence-electron chi connectivity index (χ4n) is 1.58. The van der Waals surface area contributed by atoms with Crippen LogP contribution in [0.15, 0.2) is 36.0 Å². The van der Waals surface area contributed by atoms with E-state index in [2.05, 4.69) is 10.6 Å². The summed E-state index contributed by atoms with van der Waals surface area (Å²) in [5, 5.41) is 22.7. The summed E-state index contributed by atoms with van der Waals surface area (Å²) < 4.78 is 0. The summed E-state index contributed by atoms with van der Waals surface area (Å²) in [7, 11) is 0. The number of carboxylic acids is 1. The second kappa shape index (κ2) is 7.70. The molecular formula is C15H17N3O3. The van der Waals surface area contributed by atoms with Crippen LogP contribution in [0.2, 0.25) is 0 Å². The molecule has 1 aromatic rings. The molecule has 0 radical (unpaired) electrons. The third-order valence-electron chi connectivity index (χ3n) is 2.72. The third kappa shape index (κ3) is 5.37. The number of carboxylic acid groups (broad SMARTS) is 1. The number of nitrogens with one attached hydrogen (secondary N) is 2. The van der Waals surface area contributed by atoms with Crippen molar-refractivity contribution in [3.05, 3.63) is 47.2 Å². The van der Waals surface area contributed by atoms with Crippen molar-refractivity contribution in [2.75, 3.05) is 0 Å². The van der Waals surface area contributed by atoms with Crippen molar-refractivity contribution in [3.8, 4) is 6.07 Å². The maximum atomic E-state index is 11.7. The first-order chi connectivity index (χ1) is 9.93. The van der Waals surface area contributed by atoms with E-state index < -0.39 is 17.9 Å². The molecule has 0 aromatic heterocycles. The topological polar surface area (TPSA) is 102 Å². The normalized spacial score (nSPS) is 12.1. The third-order valence-corrected chi connectivity index (χ3v) is 2.72. The van der Waals surface area contributed by atoms with Crippen molar-refractivity contribution in [2.24, 2.45) is 0 Å². The molecule has 0 aliphatic rings. The Morgan fingerprint density at radius 1 is 1.48 bits per heavy atom. The highest BCUT2D eigenvalue weighted by Crippen LogP contribution is 2.03. The summed E-state index contributed by atoms with van der Waals surface area (Å²) in [5.74, 6) is -1.88. The van der Waals surface area contributed by atoms with Gasteiger partial charge in [-0.2, -0.15) is 5.26 Å². The highest BCUT2D eigenvalue weighted by atomic mass is 16.4. The van der Waals surface area contributed by atoms with Gasteiger partial charge in [-0.05, 0) is 19.4 Å². The van der Waals surface area contributed by atoms with Gasteiger partial charge in [-0.1, -0.05) is 29.8 Å². The zero-order valence-electron chi connectivity index (χ0n) is 11.9. The highest BCUT2D eigenvalue weighted by molar-refractivity contribution is 5.99. The van der Waals surface area contributed by atoms with Gasteiger partial charge in [0.15, 0.2) is 0 Å². The van der Waals surface area contributed by atoms with Gasteiger partial charge in [0, 0.05) is 12.7 Å². The minimum Gasteiger partial charge on any atom is -0.480 e. The largest absolute Gasteiger partial charge is 0.480 e. The second-order valence-corrected chi connectivity index (χ2v) is 4.57. The lowest BCUT2D eigenvalue weighted by atomic mass is 10.1. The second-order valence-electron chi connectivity index (χ2n) is 4.57. The molecule has 3 N–H and O–H groups in total. The predicted octanol–water partition coefficient (Wildman–Crippen LogP) is 1.08. The smallest absolute Gasteiger partial charge is 0.325 e. The van der Waals surface area contributed by atoms with E-state index in [0.29, 0.717) is 6.54 Å². The molecule has 0 aliphatic heterocycles. The average molecular weight is 287 g/mol. The van der Waals surface area contributed by atoms with Crippen LogP contribution in [0.25, 0.3) is 0 Å². The minimum absolute atomic E-state index is 0.171. The Bertz CT molecular complexity index is 602. The average Bonchev–Trinajstić information content (AvgIpc) is 2.43. The van der Waals surface area contributed by atoms with Crippen LogP contribution in [-0.4, -0.2) is 23.0 Å². The van der Waals surface area contributed by atoms with Gasteiger partial charge >= 0.3 is 5.97 Å². The maximum absolute atomic E-state index is 11.7. The van der Waals surface area contributed by atoms with Crippen molar-refractivity contribution < 1.29 is 14.7 Å². The Morgan fingerprint density at radius 2 is 2.19 bits per heavy atom. The molecule has 21 heavy (non-hydrogen) atoms. The number of nitrogens with zero attached hydrogens (tertiary/aromatic N) is 1. The summed E-state index contributed by atoms with van der Waals surface area (Å²) in [6.45, 7) is 3.77. The van der Waals surface area contributed by atoms with E-state index in [1.807, 2.05) is 31.2 Å². The summed E-state index contributed by atoms with van der Waals surface area (Å²) in [6.07, 6.45) is 1.28. The Morgan fingerprint density at radius 3 is 2.76 bits per heavy atom. The van der Waals surface area contributed by atoms with Gasteiger partial charge in [-0.3, -0.25) is 9.59 Å². The van der Waals surface area contributed by atoms with Gasteiger partial charge in [-0.25, -0.2) is 0 Å². The maximum Gasteiger partial charge on any atom is 0.325 e. The summed E-state index contributed by atoms with van der Waals surface area (Å²) >= 11 is 0. The van der Waals surface area contributed by atoms with Crippen LogP contribution < -0.4 is 10.6 Å². The number of rotatable bonds is 6. The minimum atomic E-state index is -1.16. The van der Waals surface area contributed by atoms with Crippen LogP contribution in [0.1, 0.15) is 18.1 Å². The quantitative estimate of drug-likeness (QED) is 0.537. The van der Waals surface area contributed by atoms with Crippen LogP contribution in [0.5, 0.6) is 0 Å². The van der Waals surface area contributed by atoms with Gasteiger partial charge < -0.3 is 15.7 Å². The number of amides is 1. The van der Waals surface area contributed by atoms with Crippen LogP contribution in [0, 0.1) is 18.3 Å². The lowest BCUT2D eigenvalue weighted by Crippen LogP contribution is -2.39. The van der Waals surface area contributed by atoms with Crippen molar-refractivity contribution in [1.29, 1.82) is 5.26 Å². The number of hydrogen-bond acceptors (Lipinski definition) is 4. The van der Waals surface area contributed by atoms with E-state index in [1.165, 1.54) is 13.1 Å². The highest BCUT2D eigenvalue weighted by Gasteiger charge is 2.16. The van der Waals surface area contributed by atoms with Gasteiger partial charge in [0.25, 0.3) is 5.91 Å². The molecule has 0 fully saturated rings. The Kier molecular flexibility index (Phi) is 5.96. The van der Waals surface area contributed by atoms with E-state index in [1.54, 1.807) is 6.07 Å². The fraction of sp³-hybridized carbons (Fsp3) is 0.267. The van der Waals surface area contributed by atoms with Crippen LogP contribution >= 0.6 is 0 Å². The molecule has 6 heteroatoms. The molecule has 110 valence electrons. The summed E-state index contributed by atoms with van der Waals surface area (Å²) in [5.41, 5.74) is 1.96.